The molecule has 52 heavy (non-hydrogen) atoms. The van der Waals surface area contributed by atoms with E-state index in [1.54, 1.807) is 19.3 Å². The fourth-order valence-corrected chi connectivity index (χ4v) is 11.0. The summed E-state index contributed by atoms with van der Waals surface area (Å²) < 4.78 is 36.6. The van der Waals surface area contributed by atoms with Gasteiger partial charge in [0, 0.05) is 68.2 Å². The van der Waals surface area contributed by atoms with E-state index in [1.165, 1.54) is 26.1 Å². The Balaban J connectivity index is 1.20. The third-order valence-electron chi connectivity index (χ3n) is 13.2. The second-order valence-corrected chi connectivity index (χ2v) is 18.3. The molecule has 6 heterocycles. The number of nitrogens with zero attached hydrogens (tertiary/aromatic N) is 4. The van der Waals surface area contributed by atoms with E-state index in [1.807, 2.05) is 29.2 Å². The van der Waals surface area contributed by atoms with Crippen molar-refractivity contribution < 1.29 is 27.5 Å². The van der Waals surface area contributed by atoms with Gasteiger partial charge in [0.25, 0.3) is 5.91 Å². The van der Waals surface area contributed by atoms with Crippen LogP contribution in [0.25, 0.3) is 22.2 Å². The zero-order valence-corrected chi connectivity index (χ0v) is 31.0. The summed E-state index contributed by atoms with van der Waals surface area (Å²) in [6.07, 6.45) is 12.7. The number of hydrogen-bond donors (Lipinski definition) is 1. The highest BCUT2D eigenvalue weighted by atomic mass is 32.2. The van der Waals surface area contributed by atoms with Crippen LogP contribution in [0.4, 0.5) is 0 Å². The predicted octanol–water partition coefficient (Wildman–Crippen LogP) is 5.17. The first-order valence-corrected chi connectivity index (χ1v) is 20.3. The topological polar surface area (TPSA) is 121 Å². The Morgan fingerprint density at radius 1 is 1.00 bits per heavy atom. The molecule has 1 N–H and O–H groups in total. The molecule has 274 valence electrons. The van der Waals surface area contributed by atoms with Crippen LogP contribution >= 0.6 is 0 Å². The highest BCUT2D eigenvalue weighted by Crippen LogP contribution is 2.66. The third kappa shape index (κ3) is 5.07. The molecule has 12 heteroatoms. The summed E-state index contributed by atoms with van der Waals surface area (Å²) in [5, 5.41) is 1.05. The summed E-state index contributed by atoms with van der Waals surface area (Å²) in [5.41, 5.74) is 4.59. The summed E-state index contributed by atoms with van der Waals surface area (Å²) in [5.74, 6) is 0.799. The lowest BCUT2D eigenvalue weighted by molar-refractivity contribution is -0.142. The number of aromatic nitrogens is 1. The largest absolute Gasteiger partial charge is 0.497 e. The third-order valence-corrected chi connectivity index (χ3v) is 14.6. The second-order valence-electron chi connectivity index (χ2n) is 16.4. The summed E-state index contributed by atoms with van der Waals surface area (Å²) in [7, 11) is 0.440. The van der Waals surface area contributed by atoms with Gasteiger partial charge in [-0.15, -0.1) is 0 Å². The fraction of sp³-hybridized carbons (Fsp3) is 0.525. The molecule has 4 unspecified atom stereocenters. The molecule has 1 aromatic heterocycles. The molecule has 4 atom stereocenters. The van der Waals surface area contributed by atoms with Gasteiger partial charge in [0.15, 0.2) is 0 Å². The van der Waals surface area contributed by atoms with Gasteiger partial charge >= 0.3 is 10.2 Å². The Kier molecular flexibility index (Phi) is 7.72. The first-order valence-electron chi connectivity index (χ1n) is 18.8. The second kappa shape index (κ2) is 11.9. The van der Waals surface area contributed by atoms with Crippen molar-refractivity contribution in [3.05, 3.63) is 65.2 Å². The summed E-state index contributed by atoms with van der Waals surface area (Å²) in [6, 6.07) is 11.8. The molecule has 2 aliphatic carbocycles. The summed E-state index contributed by atoms with van der Waals surface area (Å²) in [6.45, 7) is 2.31. The molecule has 1 spiro atoms. The number of piperidine rings is 1. The number of benzene rings is 2. The zero-order valence-electron chi connectivity index (χ0n) is 30.2. The molecule has 3 saturated heterocycles. The van der Waals surface area contributed by atoms with Crippen LogP contribution in [0.3, 0.4) is 0 Å². The summed E-state index contributed by atoms with van der Waals surface area (Å²) in [4.78, 5) is 46.0. The van der Waals surface area contributed by atoms with Gasteiger partial charge in [-0.1, -0.05) is 31.4 Å². The predicted molar refractivity (Wildman–Crippen MR) is 197 cm³/mol. The lowest BCUT2D eigenvalue weighted by Crippen LogP contribution is -2.59. The molecule has 3 aromatic rings. The van der Waals surface area contributed by atoms with E-state index in [-0.39, 0.29) is 34.8 Å². The minimum absolute atomic E-state index is 0.0154. The molecular weight excluding hydrogens is 679 g/mol. The Hall–Kier alpha value is -4.16. The number of ether oxygens (including phenoxy) is 1. The van der Waals surface area contributed by atoms with Gasteiger partial charge in [0.05, 0.1) is 23.8 Å². The van der Waals surface area contributed by atoms with Crippen LogP contribution in [-0.2, 0) is 26.3 Å². The van der Waals surface area contributed by atoms with Crippen LogP contribution in [0.5, 0.6) is 5.75 Å². The monoisotopic (exact) mass is 725 g/mol. The lowest BCUT2D eigenvalue weighted by atomic mass is 9.79. The van der Waals surface area contributed by atoms with E-state index >= 15 is 4.79 Å². The van der Waals surface area contributed by atoms with Gasteiger partial charge in [0.1, 0.15) is 5.75 Å². The van der Waals surface area contributed by atoms with Gasteiger partial charge in [0.2, 0.25) is 11.8 Å². The van der Waals surface area contributed by atoms with E-state index in [9.17, 15) is 18.0 Å². The molecule has 3 amide bonds. The van der Waals surface area contributed by atoms with Crippen molar-refractivity contribution in [1.82, 2.24) is 23.4 Å². The molecule has 10 rings (SSSR count). The lowest BCUT2D eigenvalue weighted by Gasteiger charge is -2.48. The molecule has 5 fully saturated rings. The van der Waals surface area contributed by atoms with Crippen LogP contribution < -0.4 is 9.46 Å². The highest BCUT2D eigenvalue weighted by Gasteiger charge is 2.65. The molecular formula is C40H47N5O6S. The fourth-order valence-electron chi connectivity index (χ4n) is 10.4. The van der Waals surface area contributed by atoms with Crippen molar-refractivity contribution in [3.8, 4) is 17.0 Å². The minimum Gasteiger partial charge on any atom is -0.497 e. The Morgan fingerprint density at radius 3 is 2.58 bits per heavy atom. The van der Waals surface area contributed by atoms with Crippen molar-refractivity contribution in [1.29, 1.82) is 0 Å². The molecule has 7 aliphatic rings. The van der Waals surface area contributed by atoms with Crippen LogP contribution in [0.2, 0.25) is 0 Å². The van der Waals surface area contributed by atoms with Gasteiger partial charge < -0.3 is 19.1 Å². The Morgan fingerprint density at radius 2 is 1.81 bits per heavy atom. The van der Waals surface area contributed by atoms with Crippen LogP contribution in [0.15, 0.2) is 48.6 Å². The minimum atomic E-state index is -4.00. The maximum absolute atomic E-state index is 15.3. The number of nitrogens with one attached hydrogen (secondary N) is 1. The van der Waals surface area contributed by atoms with Gasteiger partial charge in [-0.3, -0.25) is 14.4 Å². The van der Waals surface area contributed by atoms with Crippen molar-refractivity contribution >= 4 is 38.8 Å². The number of fused-ring (bicyclic) bond motifs is 10. The number of methoxy groups -OCH3 is 1. The van der Waals surface area contributed by atoms with Gasteiger partial charge in [-0.25, -0.2) is 4.72 Å². The Labute approximate surface area is 305 Å². The maximum Gasteiger partial charge on any atom is 0.303 e. The summed E-state index contributed by atoms with van der Waals surface area (Å²) >= 11 is 0. The SMILES string of the molecule is COc1ccc2c(c1)C1CC1(C(=O)N1CC3CCC4(CC=CC(=O)N4C3)C1)Cn1c-2c(C2CCCCC2)c2ccc(C(=O)NS(=O)(=O)N(C)C)cc21. The van der Waals surface area contributed by atoms with Crippen molar-refractivity contribution in [3.63, 3.8) is 0 Å². The average molecular weight is 726 g/mol. The average Bonchev–Trinajstić information content (AvgIpc) is 3.87. The first kappa shape index (κ1) is 33.7. The maximum atomic E-state index is 15.3. The van der Waals surface area contributed by atoms with Gasteiger partial charge in [-0.2, -0.15) is 12.7 Å². The molecule has 2 bridgehead atoms. The van der Waals surface area contributed by atoms with E-state index in [2.05, 4.69) is 26.3 Å². The van der Waals surface area contributed by atoms with Crippen molar-refractivity contribution in [2.75, 3.05) is 40.8 Å². The normalized spacial score (nSPS) is 28.1. The first-order chi connectivity index (χ1) is 24.9. The van der Waals surface area contributed by atoms with Crippen molar-refractivity contribution in [2.45, 2.75) is 81.7 Å². The van der Waals surface area contributed by atoms with Crippen LogP contribution in [0.1, 0.15) is 91.1 Å². The van der Waals surface area contributed by atoms with Crippen LogP contribution in [0, 0.1) is 11.3 Å². The van der Waals surface area contributed by atoms with E-state index < -0.39 is 21.5 Å². The molecule has 11 nitrogen and oxygen atoms in total. The number of hydrogen-bond acceptors (Lipinski definition) is 6. The molecule has 2 aromatic carbocycles. The van der Waals surface area contributed by atoms with E-state index in [0.29, 0.717) is 38.5 Å². The number of carbonyl (C=O) groups is 3. The molecule has 2 saturated carbocycles. The standard InChI is InChI=1S/C40H47N5O6S/c1-42(2)52(49,50)41-37(47)27-11-13-30-33(18-27)44-24-40(38(48)43-21-25-15-17-39(23-43)16-7-10-34(46)45(39)22-25)20-32(40)31-19-28(51-3)12-14-29(31)36(44)35(30)26-8-5-4-6-9-26/h7,10-14,18-19,25-26,32H,4-6,8-9,15-17,20-24H2,1-3H3,(H,41,47). The van der Waals surface area contributed by atoms with Crippen LogP contribution in [-0.4, -0.2) is 91.2 Å². The number of carbonyl (C=O) groups excluding carboxylic acids is 3. The highest BCUT2D eigenvalue weighted by molar-refractivity contribution is 7.87. The van der Waals surface area contributed by atoms with E-state index in [0.717, 1.165) is 82.7 Å². The zero-order chi connectivity index (χ0) is 36.2. The number of rotatable bonds is 6. The molecule has 5 aliphatic heterocycles. The number of amides is 3. The van der Waals surface area contributed by atoms with Gasteiger partial charge in [-0.05, 0) is 97.9 Å². The van der Waals surface area contributed by atoms with E-state index in [4.69, 9.17) is 4.74 Å². The van der Waals surface area contributed by atoms with Crippen molar-refractivity contribution in [2.24, 2.45) is 11.3 Å². The molecule has 0 radical (unpaired) electrons. The quantitative estimate of drug-likeness (QED) is 0.375. The Bertz CT molecular complexity index is 2170. The smallest absolute Gasteiger partial charge is 0.303 e.